The Hall–Kier alpha value is -3.08. The van der Waals surface area contributed by atoms with Crippen LogP contribution < -0.4 is 14.3 Å². The second-order valence-electron chi connectivity index (χ2n) is 8.57. The van der Waals surface area contributed by atoms with Crippen LogP contribution in [0.5, 0.6) is 0 Å². The minimum atomic E-state index is -0.308. The van der Waals surface area contributed by atoms with Gasteiger partial charge < -0.3 is 9.42 Å². The van der Waals surface area contributed by atoms with Gasteiger partial charge in [-0.1, -0.05) is 36.3 Å². The highest BCUT2D eigenvalue weighted by Gasteiger charge is 2.28. The molecule has 0 bridgehead atoms. The van der Waals surface area contributed by atoms with Gasteiger partial charge in [-0.2, -0.15) is 4.98 Å². The van der Waals surface area contributed by atoms with Gasteiger partial charge in [-0.3, -0.25) is 0 Å². The molecule has 0 saturated carbocycles. The molecule has 6 rings (SSSR count). The van der Waals surface area contributed by atoms with Crippen molar-refractivity contribution in [3.05, 3.63) is 65.8 Å². The first-order valence-electron chi connectivity index (χ1n) is 11.5. The van der Waals surface area contributed by atoms with Crippen molar-refractivity contribution in [1.29, 1.82) is 0 Å². The molecule has 0 atom stereocenters. The van der Waals surface area contributed by atoms with Crippen LogP contribution in [0.15, 0.2) is 47.2 Å². The lowest BCUT2D eigenvalue weighted by Crippen LogP contribution is -2.38. The molecule has 2 aromatic heterocycles. The molecule has 34 heavy (non-hydrogen) atoms. The SMILES string of the molecule is CCc1noc(C2CCN(c3ncnc4c(-c5ccc(C6NSN6)cc5)ccc(F)c34)CC2)n1. The van der Waals surface area contributed by atoms with Gasteiger partial charge in [0, 0.05) is 43.1 Å². The summed E-state index contributed by atoms with van der Waals surface area (Å²) in [7, 11) is 0. The minimum absolute atomic E-state index is 0.154. The standard InChI is InChI=1S/C24H24FN7OS/c1-2-19-28-24(33-29-19)16-9-11-32(12-10-16)23-20-18(25)8-7-17(21(20)26-13-27-23)14-3-5-15(6-4-14)22-30-34-31-22/h3-8,13,16,22,30-31H,2,9-12H2,1H3. The summed E-state index contributed by atoms with van der Waals surface area (Å²) in [5, 5.41) is 4.49. The van der Waals surface area contributed by atoms with Crippen molar-refractivity contribution in [1.82, 2.24) is 29.6 Å². The van der Waals surface area contributed by atoms with Crippen molar-refractivity contribution < 1.29 is 8.91 Å². The molecule has 2 aromatic carbocycles. The molecule has 8 nitrogen and oxygen atoms in total. The van der Waals surface area contributed by atoms with E-state index in [4.69, 9.17) is 4.52 Å². The van der Waals surface area contributed by atoms with Gasteiger partial charge in [-0.15, -0.1) is 0 Å². The topological polar surface area (TPSA) is 92.0 Å². The largest absolute Gasteiger partial charge is 0.356 e. The summed E-state index contributed by atoms with van der Waals surface area (Å²) in [6.07, 6.45) is 4.14. The van der Waals surface area contributed by atoms with Crippen molar-refractivity contribution in [3.63, 3.8) is 0 Å². The number of nitrogens with zero attached hydrogens (tertiary/aromatic N) is 5. The van der Waals surface area contributed by atoms with Crippen LogP contribution >= 0.6 is 12.1 Å². The average Bonchev–Trinajstić information content (AvgIpc) is 3.33. The molecule has 2 fully saturated rings. The average molecular weight is 478 g/mol. The summed E-state index contributed by atoms with van der Waals surface area (Å²) < 4.78 is 27.1. The Morgan fingerprint density at radius 2 is 1.88 bits per heavy atom. The number of aromatic nitrogens is 4. The van der Waals surface area contributed by atoms with Crippen molar-refractivity contribution in [2.24, 2.45) is 0 Å². The summed E-state index contributed by atoms with van der Waals surface area (Å²) in [5.74, 6) is 1.98. The second kappa shape index (κ2) is 8.94. The Balaban J connectivity index is 1.29. The van der Waals surface area contributed by atoms with Gasteiger partial charge in [0.15, 0.2) is 5.82 Å². The molecule has 0 spiro atoms. The van der Waals surface area contributed by atoms with E-state index in [9.17, 15) is 0 Å². The zero-order valence-electron chi connectivity index (χ0n) is 18.7. The van der Waals surface area contributed by atoms with Gasteiger partial charge in [0.1, 0.15) is 24.1 Å². The van der Waals surface area contributed by atoms with Crippen LogP contribution in [0.4, 0.5) is 10.2 Å². The number of nitrogens with one attached hydrogen (secondary N) is 2. The number of aryl methyl sites for hydroxylation is 1. The molecular weight excluding hydrogens is 453 g/mol. The molecule has 0 aliphatic carbocycles. The molecule has 2 aliphatic rings. The minimum Gasteiger partial charge on any atom is -0.356 e. The van der Waals surface area contributed by atoms with Crippen molar-refractivity contribution >= 4 is 28.9 Å². The molecule has 2 aliphatic heterocycles. The molecule has 0 amide bonds. The molecule has 4 aromatic rings. The highest BCUT2D eigenvalue weighted by molar-refractivity contribution is 7.96. The molecule has 10 heteroatoms. The number of piperidine rings is 1. The van der Waals surface area contributed by atoms with E-state index in [2.05, 4.69) is 58.7 Å². The third-order valence-corrected chi connectivity index (χ3v) is 7.28. The smallest absolute Gasteiger partial charge is 0.229 e. The third-order valence-electron chi connectivity index (χ3n) is 6.57. The highest BCUT2D eigenvalue weighted by atomic mass is 32.2. The fourth-order valence-corrected chi connectivity index (χ4v) is 5.12. The summed E-state index contributed by atoms with van der Waals surface area (Å²) in [5.41, 5.74) is 3.66. The first kappa shape index (κ1) is 21.5. The van der Waals surface area contributed by atoms with Gasteiger partial charge in [-0.25, -0.2) is 23.8 Å². The molecule has 2 N–H and O–H groups in total. The van der Waals surface area contributed by atoms with E-state index in [1.165, 1.54) is 24.5 Å². The van der Waals surface area contributed by atoms with Crippen LogP contribution in [0.1, 0.15) is 49.1 Å². The van der Waals surface area contributed by atoms with Gasteiger partial charge >= 0.3 is 0 Å². The zero-order chi connectivity index (χ0) is 23.1. The molecule has 2 saturated heterocycles. The maximum absolute atomic E-state index is 15.1. The molecule has 0 unspecified atom stereocenters. The number of benzene rings is 2. The highest BCUT2D eigenvalue weighted by Crippen LogP contribution is 2.36. The van der Waals surface area contributed by atoms with Gasteiger partial charge in [-0.05, 0) is 36.1 Å². The van der Waals surface area contributed by atoms with E-state index in [-0.39, 0.29) is 17.9 Å². The van der Waals surface area contributed by atoms with E-state index in [0.29, 0.717) is 22.6 Å². The number of hydrogen-bond acceptors (Lipinski definition) is 9. The lowest BCUT2D eigenvalue weighted by atomic mass is 9.96. The summed E-state index contributed by atoms with van der Waals surface area (Å²) >= 11 is 1.48. The van der Waals surface area contributed by atoms with E-state index in [1.807, 2.05) is 6.92 Å². The van der Waals surface area contributed by atoms with Crippen LogP contribution in [0.25, 0.3) is 22.0 Å². The van der Waals surface area contributed by atoms with Crippen molar-refractivity contribution in [2.75, 3.05) is 18.0 Å². The molecule has 174 valence electrons. The van der Waals surface area contributed by atoms with Crippen LogP contribution in [-0.4, -0.2) is 33.2 Å². The number of halogens is 1. The Labute approximate surface area is 200 Å². The zero-order valence-corrected chi connectivity index (χ0v) is 19.5. The molecular formula is C24H24FN7OS. The van der Waals surface area contributed by atoms with E-state index >= 15 is 4.39 Å². The number of hydrogen-bond donors (Lipinski definition) is 2. The van der Waals surface area contributed by atoms with Gasteiger partial charge in [0.25, 0.3) is 0 Å². The summed E-state index contributed by atoms with van der Waals surface area (Å²) in [6, 6.07) is 11.6. The van der Waals surface area contributed by atoms with Gasteiger partial charge in [0.05, 0.1) is 10.9 Å². The first-order chi connectivity index (χ1) is 16.7. The Morgan fingerprint density at radius 3 is 2.56 bits per heavy atom. The summed E-state index contributed by atoms with van der Waals surface area (Å²) in [4.78, 5) is 15.6. The normalized spacial score (nSPS) is 17.3. The third kappa shape index (κ3) is 3.81. The van der Waals surface area contributed by atoms with E-state index < -0.39 is 0 Å². The second-order valence-corrected chi connectivity index (χ2v) is 9.25. The van der Waals surface area contributed by atoms with E-state index in [0.717, 1.165) is 54.9 Å². The van der Waals surface area contributed by atoms with Crippen molar-refractivity contribution in [3.8, 4) is 11.1 Å². The van der Waals surface area contributed by atoms with Crippen LogP contribution in [0.2, 0.25) is 0 Å². The fourth-order valence-electron chi connectivity index (χ4n) is 4.62. The Kier molecular flexibility index (Phi) is 5.64. The Morgan fingerprint density at radius 1 is 1.09 bits per heavy atom. The number of rotatable bonds is 5. The molecule has 4 heterocycles. The quantitative estimate of drug-likeness (QED) is 0.403. The number of anilines is 1. The van der Waals surface area contributed by atoms with Gasteiger partial charge in [0.2, 0.25) is 5.89 Å². The monoisotopic (exact) mass is 477 g/mol. The van der Waals surface area contributed by atoms with Crippen LogP contribution in [0, 0.1) is 5.82 Å². The van der Waals surface area contributed by atoms with Crippen LogP contribution in [0.3, 0.4) is 0 Å². The maximum atomic E-state index is 15.1. The summed E-state index contributed by atoms with van der Waals surface area (Å²) in [6.45, 7) is 3.48. The molecule has 0 radical (unpaired) electrons. The predicted molar refractivity (Wildman–Crippen MR) is 129 cm³/mol. The maximum Gasteiger partial charge on any atom is 0.229 e. The predicted octanol–water partition coefficient (Wildman–Crippen LogP) is 4.52. The number of fused-ring (bicyclic) bond motifs is 1. The first-order valence-corrected chi connectivity index (χ1v) is 12.3. The van der Waals surface area contributed by atoms with E-state index in [1.54, 1.807) is 6.07 Å². The fraction of sp³-hybridized carbons (Fsp3) is 0.333. The van der Waals surface area contributed by atoms with Crippen LogP contribution in [-0.2, 0) is 6.42 Å². The van der Waals surface area contributed by atoms with Crippen molar-refractivity contribution in [2.45, 2.75) is 38.3 Å². The Bertz CT molecular complexity index is 1320. The lowest BCUT2D eigenvalue weighted by Gasteiger charge is -2.32. The lowest BCUT2D eigenvalue weighted by molar-refractivity contribution is 0.326.